The largest absolute Gasteiger partial charge is 0.494 e. The summed E-state index contributed by atoms with van der Waals surface area (Å²) >= 11 is 0. The molecule has 0 aromatic heterocycles. The molecular formula is C24H30N2O3. The zero-order valence-corrected chi connectivity index (χ0v) is 17.3. The van der Waals surface area contributed by atoms with Gasteiger partial charge in [0, 0.05) is 25.2 Å². The van der Waals surface area contributed by atoms with Crippen molar-refractivity contribution in [1.82, 2.24) is 10.2 Å². The molecule has 5 nitrogen and oxygen atoms in total. The minimum atomic E-state index is -0.0435. The van der Waals surface area contributed by atoms with Crippen molar-refractivity contribution < 1.29 is 14.3 Å². The van der Waals surface area contributed by atoms with E-state index in [-0.39, 0.29) is 11.9 Å². The maximum absolute atomic E-state index is 12.7. The Morgan fingerprint density at radius 3 is 2.48 bits per heavy atom. The van der Waals surface area contributed by atoms with Gasteiger partial charge in [-0.25, -0.2) is 0 Å². The van der Waals surface area contributed by atoms with Crippen molar-refractivity contribution in [3.8, 4) is 5.75 Å². The Bertz CT molecular complexity index is 797. The lowest BCUT2D eigenvalue weighted by atomic mass is 10.0. The van der Waals surface area contributed by atoms with Gasteiger partial charge in [-0.3, -0.25) is 9.69 Å². The van der Waals surface area contributed by atoms with Crippen LogP contribution in [-0.2, 0) is 9.53 Å². The fourth-order valence-electron chi connectivity index (χ4n) is 3.49. The molecule has 1 N–H and O–H groups in total. The zero-order valence-electron chi connectivity index (χ0n) is 17.3. The average molecular weight is 395 g/mol. The molecule has 0 saturated carbocycles. The van der Waals surface area contributed by atoms with Crippen molar-refractivity contribution in [2.45, 2.75) is 19.9 Å². The first kappa shape index (κ1) is 21.1. The van der Waals surface area contributed by atoms with E-state index in [1.807, 2.05) is 62.4 Å². The molecule has 2 aromatic carbocycles. The molecule has 1 saturated heterocycles. The average Bonchev–Trinajstić information content (AvgIpc) is 2.76. The molecular weight excluding hydrogens is 364 g/mol. The first-order chi connectivity index (χ1) is 14.2. The van der Waals surface area contributed by atoms with Crippen LogP contribution in [0.3, 0.4) is 0 Å². The molecule has 5 heteroatoms. The van der Waals surface area contributed by atoms with Crippen LogP contribution in [-0.4, -0.2) is 50.3 Å². The standard InChI is InChI=1S/C24H30N2O3/c1-3-29-22-11-9-21(10-12-22)23(26-13-15-28-16-14-26)18-25-24(27)19(2)17-20-7-5-4-6-8-20/h4-12,17,23H,3,13-16,18H2,1-2H3,(H,25,27)/b19-17+. The fraction of sp³-hybridized carbons (Fsp3) is 0.375. The molecule has 0 aliphatic carbocycles. The van der Waals surface area contributed by atoms with E-state index in [9.17, 15) is 4.79 Å². The fourth-order valence-corrected chi connectivity index (χ4v) is 3.49. The molecule has 3 rings (SSSR count). The van der Waals surface area contributed by atoms with Crippen LogP contribution in [0.5, 0.6) is 5.75 Å². The van der Waals surface area contributed by atoms with E-state index in [0.717, 1.165) is 24.4 Å². The minimum absolute atomic E-state index is 0.0435. The maximum atomic E-state index is 12.7. The van der Waals surface area contributed by atoms with Crippen molar-refractivity contribution in [1.29, 1.82) is 0 Å². The number of carbonyl (C=O) groups is 1. The maximum Gasteiger partial charge on any atom is 0.247 e. The molecule has 0 radical (unpaired) electrons. The van der Waals surface area contributed by atoms with Gasteiger partial charge in [-0.1, -0.05) is 42.5 Å². The van der Waals surface area contributed by atoms with E-state index in [2.05, 4.69) is 22.3 Å². The Morgan fingerprint density at radius 2 is 1.83 bits per heavy atom. The quantitative estimate of drug-likeness (QED) is 0.694. The van der Waals surface area contributed by atoms with Crippen LogP contribution in [0.4, 0.5) is 0 Å². The lowest BCUT2D eigenvalue weighted by Gasteiger charge is -2.35. The van der Waals surface area contributed by atoms with E-state index in [4.69, 9.17) is 9.47 Å². The van der Waals surface area contributed by atoms with Crippen LogP contribution in [0.25, 0.3) is 6.08 Å². The Kier molecular flexibility index (Phi) is 7.85. The summed E-state index contributed by atoms with van der Waals surface area (Å²) < 4.78 is 11.1. The summed E-state index contributed by atoms with van der Waals surface area (Å²) in [6.07, 6.45) is 1.91. The number of hydrogen-bond acceptors (Lipinski definition) is 4. The second kappa shape index (κ2) is 10.8. The highest BCUT2D eigenvalue weighted by Gasteiger charge is 2.23. The van der Waals surface area contributed by atoms with E-state index in [0.29, 0.717) is 31.9 Å². The van der Waals surface area contributed by atoms with Crippen LogP contribution >= 0.6 is 0 Å². The van der Waals surface area contributed by atoms with Crippen LogP contribution < -0.4 is 10.1 Å². The van der Waals surface area contributed by atoms with Gasteiger partial charge in [0.1, 0.15) is 5.75 Å². The number of carbonyl (C=O) groups excluding carboxylic acids is 1. The lowest BCUT2D eigenvalue weighted by molar-refractivity contribution is -0.117. The van der Waals surface area contributed by atoms with Gasteiger partial charge in [0.15, 0.2) is 0 Å². The first-order valence-electron chi connectivity index (χ1n) is 10.2. The molecule has 1 amide bonds. The molecule has 2 aromatic rings. The number of hydrogen-bond donors (Lipinski definition) is 1. The molecule has 29 heavy (non-hydrogen) atoms. The van der Waals surface area contributed by atoms with Crippen molar-refractivity contribution >= 4 is 12.0 Å². The number of ether oxygens (including phenoxy) is 2. The van der Waals surface area contributed by atoms with Crippen LogP contribution in [0.15, 0.2) is 60.2 Å². The van der Waals surface area contributed by atoms with Crippen molar-refractivity contribution in [3.63, 3.8) is 0 Å². The van der Waals surface area contributed by atoms with Crippen LogP contribution in [0.1, 0.15) is 31.0 Å². The van der Waals surface area contributed by atoms with E-state index in [1.165, 1.54) is 5.56 Å². The zero-order chi connectivity index (χ0) is 20.5. The number of benzene rings is 2. The van der Waals surface area contributed by atoms with Gasteiger partial charge in [-0.05, 0) is 43.2 Å². The first-order valence-corrected chi connectivity index (χ1v) is 10.2. The second-order valence-electron chi connectivity index (χ2n) is 7.11. The number of nitrogens with zero attached hydrogens (tertiary/aromatic N) is 1. The Morgan fingerprint density at radius 1 is 1.14 bits per heavy atom. The predicted octanol–water partition coefficient (Wildman–Crippen LogP) is 3.68. The van der Waals surface area contributed by atoms with E-state index in [1.54, 1.807) is 0 Å². The molecule has 0 bridgehead atoms. The highest BCUT2D eigenvalue weighted by atomic mass is 16.5. The molecule has 1 fully saturated rings. The van der Waals surface area contributed by atoms with Gasteiger partial charge >= 0.3 is 0 Å². The predicted molar refractivity (Wildman–Crippen MR) is 116 cm³/mol. The molecule has 154 valence electrons. The van der Waals surface area contributed by atoms with Crippen LogP contribution in [0.2, 0.25) is 0 Å². The van der Waals surface area contributed by atoms with Gasteiger partial charge in [-0.15, -0.1) is 0 Å². The third-order valence-corrected chi connectivity index (χ3v) is 5.06. The Hall–Kier alpha value is -2.63. The molecule has 1 heterocycles. The van der Waals surface area contributed by atoms with Gasteiger partial charge in [0.25, 0.3) is 0 Å². The lowest BCUT2D eigenvalue weighted by Crippen LogP contribution is -2.43. The third kappa shape index (κ3) is 6.17. The second-order valence-corrected chi connectivity index (χ2v) is 7.11. The molecule has 1 atom stereocenters. The minimum Gasteiger partial charge on any atom is -0.494 e. The smallest absolute Gasteiger partial charge is 0.247 e. The Labute approximate surface area is 173 Å². The SMILES string of the molecule is CCOc1ccc(C(CNC(=O)/C(C)=C/c2ccccc2)N2CCOCC2)cc1. The van der Waals surface area contributed by atoms with E-state index < -0.39 is 0 Å². The summed E-state index contributed by atoms with van der Waals surface area (Å²) in [6, 6.07) is 18.2. The summed E-state index contributed by atoms with van der Waals surface area (Å²) in [5.41, 5.74) is 2.89. The van der Waals surface area contributed by atoms with Crippen molar-refractivity contribution in [3.05, 3.63) is 71.3 Å². The monoisotopic (exact) mass is 394 g/mol. The summed E-state index contributed by atoms with van der Waals surface area (Å²) in [4.78, 5) is 15.0. The number of amides is 1. The number of nitrogens with one attached hydrogen (secondary N) is 1. The molecule has 1 aliphatic heterocycles. The number of morpholine rings is 1. The van der Waals surface area contributed by atoms with Gasteiger partial charge in [0.2, 0.25) is 5.91 Å². The normalized spacial score (nSPS) is 16.3. The molecule has 0 spiro atoms. The van der Waals surface area contributed by atoms with Gasteiger partial charge in [-0.2, -0.15) is 0 Å². The third-order valence-electron chi connectivity index (χ3n) is 5.06. The van der Waals surface area contributed by atoms with E-state index >= 15 is 0 Å². The van der Waals surface area contributed by atoms with Crippen molar-refractivity contribution in [2.24, 2.45) is 0 Å². The summed E-state index contributed by atoms with van der Waals surface area (Å²) in [5.74, 6) is 0.820. The van der Waals surface area contributed by atoms with Crippen LogP contribution in [0, 0.1) is 0 Å². The molecule has 1 aliphatic rings. The van der Waals surface area contributed by atoms with Gasteiger partial charge in [0.05, 0.1) is 25.9 Å². The number of rotatable bonds is 8. The highest BCUT2D eigenvalue weighted by molar-refractivity contribution is 5.97. The Balaban J connectivity index is 1.69. The van der Waals surface area contributed by atoms with Gasteiger partial charge < -0.3 is 14.8 Å². The highest BCUT2D eigenvalue weighted by Crippen LogP contribution is 2.24. The summed E-state index contributed by atoms with van der Waals surface area (Å²) in [5, 5.41) is 3.12. The summed E-state index contributed by atoms with van der Waals surface area (Å²) in [7, 11) is 0. The molecule has 1 unspecified atom stereocenters. The summed E-state index contributed by atoms with van der Waals surface area (Å²) in [6.45, 7) is 8.17. The topological polar surface area (TPSA) is 50.8 Å². The van der Waals surface area contributed by atoms with Crippen molar-refractivity contribution in [2.75, 3.05) is 39.5 Å².